The van der Waals surface area contributed by atoms with E-state index in [0.717, 1.165) is 22.3 Å². The zero-order valence-corrected chi connectivity index (χ0v) is 11.9. The lowest BCUT2D eigenvalue weighted by Crippen LogP contribution is -1.91. The second-order valence-electron chi connectivity index (χ2n) is 5.17. The third kappa shape index (κ3) is 2.28. The molecule has 0 N–H and O–H groups in total. The van der Waals surface area contributed by atoms with Crippen LogP contribution in [0.4, 0.5) is 0 Å². The van der Waals surface area contributed by atoms with Crippen LogP contribution < -0.4 is 0 Å². The fourth-order valence-corrected chi connectivity index (χ4v) is 2.54. The number of fused-ring (bicyclic) bond motifs is 2. The standard InChI is InChI=1S/C22H12/c1-2-6-17(7-3-1)21-15-13-20-11-10-18-8-4-5-9-19(18)12-14-22(20)16-21/h1-9,13,15-16H. The third-order valence-electron chi connectivity index (χ3n) is 3.72. The lowest BCUT2D eigenvalue weighted by atomic mass is 9.97. The Balaban J connectivity index is 1.86. The van der Waals surface area contributed by atoms with Gasteiger partial charge in [0.2, 0.25) is 0 Å². The molecule has 3 aromatic carbocycles. The van der Waals surface area contributed by atoms with Crippen molar-refractivity contribution in [2.75, 3.05) is 0 Å². The summed E-state index contributed by atoms with van der Waals surface area (Å²) in [6.07, 6.45) is 0. The van der Waals surface area contributed by atoms with Crippen molar-refractivity contribution in [1.82, 2.24) is 0 Å². The topological polar surface area (TPSA) is 0 Å². The van der Waals surface area contributed by atoms with Crippen molar-refractivity contribution in [2.45, 2.75) is 0 Å². The van der Waals surface area contributed by atoms with Gasteiger partial charge in [0.05, 0.1) is 0 Å². The van der Waals surface area contributed by atoms with Crippen LogP contribution >= 0.6 is 0 Å². The second-order valence-corrected chi connectivity index (χ2v) is 5.17. The molecule has 0 atom stereocenters. The molecule has 4 rings (SSSR count). The zero-order valence-electron chi connectivity index (χ0n) is 11.9. The van der Waals surface area contributed by atoms with Crippen molar-refractivity contribution in [3.63, 3.8) is 0 Å². The number of benzene rings is 3. The predicted molar refractivity (Wildman–Crippen MR) is 90.3 cm³/mol. The summed E-state index contributed by atoms with van der Waals surface area (Å²) in [7, 11) is 0. The molecule has 0 heterocycles. The number of hydrogen-bond donors (Lipinski definition) is 0. The maximum atomic E-state index is 3.28. The minimum Gasteiger partial charge on any atom is -0.0622 e. The van der Waals surface area contributed by atoms with Crippen molar-refractivity contribution < 1.29 is 0 Å². The van der Waals surface area contributed by atoms with E-state index in [2.05, 4.69) is 54.0 Å². The lowest BCUT2D eigenvalue weighted by Gasteiger charge is -2.05. The lowest BCUT2D eigenvalue weighted by molar-refractivity contribution is 1.53. The molecule has 0 heteroatoms. The Morgan fingerprint density at radius 1 is 0.409 bits per heavy atom. The fraction of sp³-hybridized carbons (Fsp3) is 0. The van der Waals surface area contributed by atoms with Gasteiger partial charge in [-0.3, -0.25) is 0 Å². The Hall–Kier alpha value is -3.22. The summed E-state index contributed by atoms with van der Waals surface area (Å²) in [4.78, 5) is 0. The largest absolute Gasteiger partial charge is 0.0622 e. The quantitative estimate of drug-likeness (QED) is 0.450. The molecule has 100 valence electrons. The molecule has 1 aliphatic carbocycles. The molecule has 0 bridgehead atoms. The van der Waals surface area contributed by atoms with E-state index in [1.165, 1.54) is 11.1 Å². The van der Waals surface area contributed by atoms with Gasteiger partial charge in [-0.25, -0.2) is 0 Å². The summed E-state index contributed by atoms with van der Waals surface area (Å²) in [5.74, 6) is 13.0. The highest BCUT2D eigenvalue weighted by atomic mass is 14.1. The summed E-state index contributed by atoms with van der Waals surface area (Å²) in [5, 5.41) is 0. The van der Waals surface area contributed by atoms with Gasteiger partial charge in [0.15, 0.2) is 0 Å². The van der Waals surface area contributed by atoms with E-state index in [1.54, 1.807) is 0 Å². The van der Waals surface area contributed by atoms with Gasteiger partial charge >= 0.3 is 0 Å². The molecule has 0 saturated heterocycles. The molecule has 0 spiro atoms. The van der Waals surface area contributed by atoms with E-state index in [4.69, 9.17) is 0 Å². The van der Waals surface area contributed by atoms with E-state index < -0.39 is 0 Å². The van der Waals surface area contributed by atoms with E-state index in [9.17, 15) is 0 Å². The van der Waals surface area contributed by atoms with Gasteiger partial charge in [0.25, 0.3) is 0 Å². The van der Waals surface area contributed by atoms with Crippen LogP contribution in [0.2, 0.25) is 0 Å². The number of rotatable bonds is 1. The van der Waals surface area contributed by atoms with E-state index in [-0.39, 0.29) is 0 Å². The van der Waals surface area contributed by atoms with Gasteiger partial charge in [-0.2, -0.15) is 0 Å². The molecule has 1 aliphatic rings. The molecule has 0 fully saturated rings. The molecular formula is C22H12. The van der Waals surface area contributed by atoms with Crippen molar-refractivity contribution in [3.8, 4) is 34.8 Å². The van der Waals surface area contributed by atoms with Crippen LogP contribution in [0.3, 0.4) is 0 Å². The highest BCUT2D eigenvalue weighted by Gasteiger charge is 2.04. The first kappa shape index (κ1) is 12.5. The van der Waals surface area contributed by atoms with E-state index in [1.807, 2.05) is 42.5 Å². The van der Waals surface area contributed by atoms with Gasteiger partial charge < -0.3 is 0 Å². The Morgan fingerprint density at radius 2 is 0.955 bits per heavy atom. The van der Waals surface area contributed by atoms with Crippen LogP contribution in [-0.2, 0) is 0 Å². The zero-order chi connectivity index (χ0) is 14.8. The van der Waals surface area contributed by atoms with Gasteiger partial charge in [-0.15, -0.1) is 0 Å². The van der Waals surface area contributed by atoms with Crippen LogP contribution in [0.1, 0.15) is 22.3 Å². The fourth-order valence-electron chi connectivity index (χ4n) is 2.54. The van der Waals surface area contributed by atoms with E-state index >= 15 is 0 Å². The first-order valence-electron chi connectivity index (χ1n) is 7.23. The first-order chi connectivity index (χ1) is 10.9. The molecular weight excluding hydrogens is 264 g/mol. The predicted octanol–water partition coefficient (Wildman–Crippen LogP) is 4.47. The molecule has 0 radical (unpaired) electrons. The Morgan fingerprint density at radius 3 is 1.64 bits per heavy atom. The van der Waals surface area contributed by atoms with Gasteiger partial charge in [0.1, 0.15) is 0 Å². The van der Waals surface area contributed by atoms with Crippen LogP contribution in [0, 0.1) is 23.7 Å². The molecule has 3 aromatic rings. The highest BCUT2D eigenvalue weighted by molar-refractivity contribution is 5.69. The van der Waals surface area contributed by atoms with Crippen molar-refractivity contribution in [1.29, 1.82) is 0 Å². The molecule has 0 nitrogen and oxygen atoms in total. The molecule has 0 unspecified atom stereocenters. The smallest absolute Gasteiger partial charge is 0.0411 e. The van der Waals surface area contributed by atoms with Crippen LogP contribution in [-0.4, -0.2) is 0 Å². The maximum absolute atomic E-state index is 3.28. The van der Waals surface area contributed by atoms with Crippen molar-refractivity contribution >= 4 is 0 Å². The minimum atomic E-state index is 0.988. The van der Waals surface area contributed by atoms with Gasteiger partial charge in [-0.1, -0.05) is 72.2 Å². The SMILES string of the molecule is C1#Cc2ccc(-c3ccccc3)cc2C#Cc2ccccc21. The number of hydrogen-bond acceptors (Lipinski definition) is 0. The maximum Gasteiger partial charge on any atom is 0.0411 e. The summed E-state index contributed by atoms with van der Waals surface area (Å²) in [6, 6.07) is 24.7. The summed E-state index contributed by atoms with van der Waals surface area (Å²) in [5.41, 5.74) is 6.33. The minimum absolute atomic E-state index is 0.988. The Labute approximate surface area is 130 Å². The summed E-state index contributed by atoms with van der Waals surface area (Å²) >= 11 is 0. The molecule has 0 saturated carbocycles. The Bertz CT molecular complexity index is 971. The highest BCUT2D eigenvalue weighted by Crippen LogP contribution is 2.22. The summed E-state index contributed by atoms with van der Waals surface area (Å²) < 4.78 is 0. The van der Waals surface area contributed by atoms with Crippen molar-refractivity contribution in [2.24, 2.45) is 0 Å². The second kappa shape index (κ2) is 5.28. The van der Waals surface area contributed by atoms with Crippen LogP contribution in [0.5, 0.6) is 0 Å². The molecule has 0 aromatic heterocycles. The molecule has 0 aliphatic heterocycles. The first-order valence-corrected chi connectivity index (χ1v) is 7.23. The Kier molecular flexibility index (Phi) is 3.01. The molecule has 0 amide bonds. The van der Waals surface area contributed by atoms with Crippen molar-refractivity contribution in [3.05, 3.63) is 95.1 Å². The van der Waals surface area contributed by atoms with E-state index in [0.29, 0.717) is 0 Å². The average Bonchev–Trinajstić information content (AvgIpc) is 2.58. The van der Waals surface area contributed by atoms with Gasteiger partial charge in [-0.05, 0) is 35.4 Å². The average molecular weight is 276 g/mol. The third-order valence-corrected chi connectivity index (χ3v) is 3.72. The summed E-state index contributed by atoms with van der Waals surface area (Å²) in [6.45, 7) is 0. The molecule has 22 heavy (non-hydrogen) atoms. The van der Waals surface area contributed by atoms with Crippen LogP contribution in [0.25, 0.3) is 11.1 Å². The monoisotopic (exact) mass is 276 g/mol. The van der Waals surface area contributed by atoms with Crippen LogP contribution in [0.15, 0.2) is 72.8 Å². The normalized spacial score (nSPS) is 10.7. The van der Waals surface area contributed by atoms with Gasteiger partial charge in [0, 0.05) is 22.3 Å².